The number of nitrogens with two attached hydrogens (primary N) is 1. The smallest absolute Gasteiger partial charge is 0.409 e. The number of carbonyl (C=O) groups is 1. The van der Waals surface area contributed by atoms with E-state index in [2.05, 4.69) is 10.6 Å². The molecule has 0 saturated heterocycles. The van der Waals surface area contributed by atoms with Crippen LogP contribution >= 0.6 is 0 Å². The molecule has 0 fully saturated rings. The van der Waals surface area contributed by atoms with Crippen LogP contribution < -0.4 is 16.4 Å². The van der Waals surface area contributed by atoms with Crippen LogP contribution in [-0.4, -0.2) is 11.2 Å². The van der Waals surface area contributed by atoms with Crippen molar-refractivity contribution in [1.82, 2.24) is 0 Å². The van der Waals surface area contributed by atoms with E-state index in [1.165, 1.54) is 5.56 Å². The molecule has 0 bridgehead atoms. The van der Waals surface area contributed by atoms with Gasteiger partial charge in [0.25, 0.3) is 0 Å². The standard InChI is InChI=1S/C15H17N3O2/c1-10-2-5-12(6-3-10)17-9-11-4-7-14(13(16)8-11)18-15(19)20/h2-8,17-18H,9,16H2,1H3,(H,19,20). The summed E-state index contributed by atoms with van der Waals surface area (Å²) in [4.78, 5) is 10.6. The molecule has 0 radical (unpaired) electrons. The maximum atomic E-state index is 10.6. The van der Waals surface area contributed by atoms with E-state index in [0.717, 1.165) is 11.3 Å². The van der Waals surface area contributed by atoms with Crippen molar-refractivity contribution in [3.05, 3.63) is 53.6 Å². The first-order valence-electron chi connectivity index (χ1n) is 6.23. The molecule has 0 aliphatic carbocycles. The van der Waals surface area contributed by atoms with Crippen LogP contribution in [0.3, 0.4) is 0 Å². The van der Waals surface area contributed by atoms with Crippen molar-refractivity contribution in [2.24, 2.45) is 0 Å². The third kappa shape index (κ3) is 3.65. The molecule has 20 heavy (non-hydrogen) atoms. The van der Waals surface area contributed by atoms with Crippen LogP contribution in [0.15, 0.2) is 42.5 Å². The first kappa shape index (κ1) is 13.7. The molecule has 2 aromatic rings. The lowest BCUT2D eigenvalue weighted by Crippen LogP contribution is -2.09. The molecule has 2 rings (SSSR count). The van der Waals surface area contributed by atoms with Crippen LogP contribution in [0, 0.1) is 6.92 Å². The Hall–Kier alpha value is -2.69. The highest BCUT2D eigenvalue weighted by Gasteiger charge is 2.04. The second-order valence-corrected chi connectivity index (χ2v) is 4.57. The van der Waals surface area contributed by atoms with Crippen molar-refractivity contribution >= 4 is 23.2 Å². The van der Waals surface area contributed by atoms with Gasteiger partial charge in [-0.3, -0.25) is 5.32 Å². The van der Waals surface area contributed by atoms with E-state index in [0.29, 0.717) is 17.9 Å². The summed E-state index contributed by atoms with van der Waals surface area (Å²) in [5.74, 6) is 0. The Kier molecular flexibility index (Phi) is 4.10. The minimum absolute atomic E-state index is 0.400. The number of benzene rings is 2. The van der Waals surface area contributed by atoms with E-state index in [-0.39, 0.29) is 0 Å². The van der Waals surface area contributed by atoms with Gasteiger partial charge in [0.05, 0.1) is 11.4 Å². The Bertz CT molecular complexity index is 609. The van der Waals surface area contributed by atoms with Gasteiger partial charge in [0.15, 0.2) is 0 Å². The quantitative estimate of drug-likeness (QED) is 0.643. The van der Waals surface area contributed by atoms with Crippen molar-refractivity contribution in [2.45, 2.75) is 13.5 Å². The number of nitrogens with one attached hydrogen (secondary N) is 2. The van der Waals surface area contributed by atoms with E-state index in [1.807, 2.05) is 37.3 Å². The highest BCUT2D eigenvalue weighted by molar-refractivity contribution is 5.87. The number of rotatable bonds is 4. The third-order valence-electron chi connectivity index (χ3n) is 2.91. The molecule has 2 aromatic carbocycles. The summed E-state index contributed by atoms with van der Waals surface area (Å²) in [5.41, 5.74) is 9.84. The molecule has 104 valence electrons. The van der Waals surface area contributed by atoms with E-state index in [4.69, 9.17) is 10.8 Å². The minimum Gasteiger partial charge on any atom is -0.465 e. The van der Waals surface area contributed by atoms with Crippen LogP contribution in [0.5, 0.6) is 0 Å². The van der Waals surface area contributed by atoms with Crippen LogP contribution in [0.2, 0.25) is 0 Å². The zero-order valence-corrected chi connectivity index (χ0v) is 11.2. The number of aryl methyl sites for hydroxylation is 1. The normalized spacial score (nSPS) is 10.1. The van der Waals surface area contributed by atoms with Gasteiger partial charge < -0.3 is 16.2 Å². The van der Waals surface area contributed by atoms with Gasteiger partial charge in [0.1, 0.15) is 0 Å². The predicted molar refractivity (Wildman–Crippen MR) is 81.0 cm³/mol. The van der Waals surface area contributed by atoms with Crippen LogP contribution in [0.1, 0.15) is 11.1 Å². The molecule has 0 aromatic heterocycles. The van der Waals surface area contributed by atoms with Gasteiger partial charge in [-0.25, -0.2) is 4.79 Å². The molecule has 1 amide bonds. The maximum Gasteiger partial charge on any atom is 0.409 e. The van der Waals surface area contributed by atoms with Gasteiger partial charge in [-0.1, -0.05) is 23.8 Å². The highest BCUT2D eigenvalue weighted by atomic mass is 16.4. The largest absolute Gasteiger partial charge is 0.465 e. The molecule has 0 aliphatic heterocycles. The topological polar surface area (TPSA) is 87.4 Å². The lowest BCUT2D eigenvalue weighted by atomic mass is 10.1. The number of amides is 1. The molecule has 0 aliphatic rings. The monoisotopic (exact) mass is 271 g/mol. The molecule has 0 spiro atoms. The average molecular weight is 271 g/mol. The van der Waals surface area contributed by atoms with E-state index >= 15 is 0 Å². The predicted octanol–water partition coefficient (Wildman–Crippen LogP) is 3.28. The average Bonchev–Trinajstić information content (AvgIpc) is 2.40. The fraction of sp³-hybridized carbons (Fsp3) is 0.133. The SMILES string of the molecule is Cc1ccc(NCc2ccc(NC(=O)O)c(N)c2)cc1. The van der Waals surface area contributed by atoms with Gasteiger partial charge in [-0.05, 0) is 36.8 Å². The molecule has 0 heterocycles. The number of carboxylic acid groups (broad SMARTS) is 1. The molecule has 0 saturated carbocycles. The van der Waals surface area contributed by atoms with Crippen molar-refractivity contribution in [3.63, 3.8) is 0 Å². The molecular weight excluding hydrogens is 254 g/mol. The molecule has 5 N–H and O–H groups in total. The summed E-state index contributed by atoms with van der Waals surface area (Å²) in [6.45, 7) is 2.67. The Morgan fingerprint density at radius 1 is 1.20 bits per heavy atom. The van der Waals surface area contributed by atoms with Crippen molar-refractivity contribution in [2.75, 3.05) is 16.4 Å². The molecule has 5 heteroatoms. The van der Waals surface area contributed by atoms with Gasteiger partial charge >= 0.3 is 6.09 Å². The van der Waals surface area contributed by atoms with Gasteiger partial charge in [-0.15, -0.1) is 0 Å². The van der Waals surface area contributed by atoms with Crippen LogP contribution in [0.4, 0.5) is 21.9 Å². The fourth-order valence-corrected chi connectivity index (χ4v) is 1.83. The lowest BCUT2D eigenvalue weighted by molar-refractivity contribution is 0.210. The van der Waals surface area contributed by atoms with Gasteiger partial charge in [-0.2, -0.15) is 0 Å². The van der Waals surface area contributed by atoms with Crippen molar-refractivity contribution < 1.29 is 9.90 Å². The van der Waals surface area contributed by atoms with Crippen LogP contribution in [-0.2, 0) is 6.54 Å². The fourth-order valence-electron chi connectivity index (χ4n) is 1.83. The Morgan fingerprint density at radius 2 is 1.90 bits per heavy atom. The first-order valence-corrected chi connectivity index (χ1v) is 6.23. The van der Waals surface area contributed by atoms with E-state index < -0.39 is 6.09 Å². The Balaban J connectivity index is 2.01. The summed E-state index contributed by atoms with van der Waals surface area (Å²) in [6.07, 6.45) is -1.12. The summed E-state index contributed by atoms with van der Waals surface area (Å²) in [5, 5.41) is 14.2. The Morgan fingerprint density at radius 3 is 2.50 bits per heavy atom. The molecule has 5 nitrogen and oxygen atoms in total. The zero-order valence-electron chi connectivity index (χ0n) is 11.2. The summed E-state index contributed by atoms with van der Waals surface area (Å²) < 4.78 is 0. The lowest BCUT2D eigenvalue weighted by Gasteiger charge is -2.10. The second kappa shape index (κ2) is 5.97. The second-order valence-electron chi connectivity index (χ2n) is 4.57. The zero-order chi connectivity index (χ0) is 14.5. The molecule has 0 atom stereocenters. The minimum atomic E-state index is -1.12. The molecule has 0 unspecified atom stereocenters. The molecular formula is C15H17N3O2. The van der Waals surface area contributed by atoms with E-state index in [1.54, 1.807) is 12.1 Å². The number of hydrogen-bond donors (Lipinski definition) is 4. The number of hydrogen-bond acceptors (Lipinski definition) is 3. The third-order valence-corrected chi connectivity index (χ3v) is 2.91. The first-order chi connectivity index (χ1) is 9.54. The summed E-state index contributed by atoms with van der Waals surface area (Å²) >= 11 is 0. The summed E-state index contributed by atoms with van der Waals surface area (Å²) in [6, 6.07) is 13.4. The maximum absolute atomic E-state index is 10.6. The van der Waals surface area contributed by atoms with Crippen molar-refractivity contribution in [1.29, 1.82) is 0 Å². The van der Waals surface area contributed by atoms with E-state index in [9.17, 15) is 4.79 Å². The van der Waals surface area contributed by atoms with Crippen molar-refractivity contribution in [3.8, 4) is 0 Å². The summed E-state index contributed by atoms with van der Waals surface area (Å²) in [7, 11) is 0. The Labute approximate surface area is 117 Å². The van der Waals surface area contributed by atoms with Crippen LogP contribution in [0.25, 0.3) is 0 Å². The van der Waals surface area contributed by atoms with Gasteiger partial charge in [0.2, 0.25) is 0 Å². The van der Waals surface area contributed by atoms with Gasteiger partial charge in [0, 0.05) is 12.2 Å². The number of nitrogen functional groups attached to an aromatic ring is 1. The number of anilines is 3. The highest BCUT2D eigenvalue weighted by Crippen LogP contribution is 2.20.